The number of fused-ring (bicyclic) bond motifs is 2. The second-order valence-electron chi connectivity index (χ2n) is 7.51. The molecule has 2 saturated heterocycles. The minimum Gasteiger partial charge on any atom is -0.343 e. The van der Waals surface area contributed by atoms with Crippen molar-refractivity contribution in [2.45, 2.75) is 82.8 Å². The molecule has 2 aliphatic heterocycles. The molecule has 3 rings (SSSR count). The minimum atomic E-state index is 0.398. The Labute approximate surface area is 123 Å². The van der Waals surface area contributed by atoms with Crippen molar-refractivity contribution in [3.8, 4) is 0 Å². The summed E-state index contributed by atoms with van der Waals surface area (Å²) in [5.41, 5.74) is 0. The lowest BCUT2D eigenvalue weighted by molar-refractivity contribution is -0.134. The number of hydrogen-bond donors (Lipinski definition) is 1. The van der Waals surface area contributed by atoms with Gasteiger partial charge in [-0.3, -0.25) is 4.79 Å². The lowest BCUT2D eigenvalue weighted by Crippen LogP contribution is -2.44. The molecule has 0 aromatic rings. The molecule has 0 aromatic heterocycles. The SMILES string of the molecule is CC1CCCCC1N(C)C(=O)CC1CC2CCC(C1)N2. The molecule has 4 atom stereocenters. The number of piperidine rings is 1. The van der Waals surface area contributed by atoms with Crippen LogP contribution in [0.1, 0.15) is 64.7 Å². The van der Waals surface area contributed by atoms with Gasteiger partial charge in [-0.1, -0.05) is 19.8 Å². The maximum atomic E-state index is 12.6. The molecule has 20 heavy (non-hydrogen) atoms. The third kappa shape index (κ3) is 3.03. The van der Waals surface area contributed by atoms with E-state index in [1.54, 1.807) is 0 Å². The summed E-state index contributed by atoms with van der Waals surface area (Å²) in [6.45, 7) is 2.32. The predicted octanol–water partition coefficient (Wildman–Crippen LogP) is 2.94. The molecular weight excluding hydrogens is 248 g/mol. The first-order valence-corrected chi connectivity index (χ1v) is 8.65. The maximum absolute atomic E-state index is 12.6. The Kier molecular flexibility index (Phi) is 4.34. The van der Waals surface area contributed by atoms with Gasteiger partial charge in [0.25, 0.3) is 0 Å². The molecule has 0 radical (unpaired) electrons. The van der Waals surface area contributed by atoms with E-state index in [1.807, 2.05) is 7.05 Å². The van der Waals surface area contributed by atoms with Gasteiger partial charge in [0.15, 0.2) is 0 Å². The molecule has 2 bridgehead atoms. The van der Waals surface area contributed by atoms with Crippen molar-refractivity contribution in [1.29, 1.82) is 0 Å². The molecule has 1 N–H and O–H groups in total. The van der Waals surface area contributed by atoms with Crippen molar-refractivity contribution in [2.24, 2.45) is 11.8 Å². The van der Waals surface area contributed by atoms with Crippen LogP contribution >= 0.6 is 0 Å². The van der Waals surface area contributed by atoms with Gasteiger partial charge in [-0.2, -0.15) is 0 Å². The number of rotatable bonds is 3. The van der Waals surface area contributed by atoms with Crippen LogP contribution in [0.25, 0.3) is 0 Å². The summed E-state index contributed by atoms with van der Waals surface area (Å²) < 4.78 is 0. The Morgan fingerprint density at radius 3 is 2.40 bits per heavy atom. The van der Waals surface area contributed by atoms with Crippen molar-refractivity contribution in [1.82, 2.24) is 10.2 Å². The van der Waals surface area contributed by atoms with E-state index in [4.69, 9.17) is 0 Å². The fourth-order valence-corrected chi connectivity index (χ4v) is 4.79. The maximum Gasteiger partial charge on any atom is 0.222 e. The zero-order chi connectivity index (χ0) is 14.1. The van der Waals surface area contributed by atoms with Gasteiger partial charge in [0.2, 0.25) is 5.91 Å². The Morgan fingerprint density at radius 1 is 1.10 bits per heavy atom. The highest BCUT2D eigenvalue weighted by molar-refractivity contribution is 5.76. The van der Waals surface area contributed by atoms with Crippen molar-refractivity contribution in [3.63, 3.8) is 0 Å². The summed E-state index contributed by atoms with van der Waals surface area (Å²) in [6, 6.07) is 1.89. The largest absolute Gasteiger partial charge is 0.343 e. The van der Waals surface area contributed by atoms with E-state index in [0.717, 1.165) is 6.42 Å². The van der Waals surface area contributed by atoms with Gasteiger partial charge >= 0.3 is 0 Å². The van der Waals surface area contributed by atoms with Crippen LogP contribution in [0.15, 0.2) is 0 Å². The highest BCUT2D eigenvalue weighted by Crippen LogP contribution is 2.34. The predicted molar refractivity (Wildman–Crippen MR) is 81.5 cm³/mol. The third-order valence-electron chi connectivity index (χ3n) is 5.99. The molecule has 4 unspecified atom stereocenters. The van der Waals surface area contributed by atoms with Gasteiger partial charge in [0, 0.05) is 31.6 Å². The van der Waals surface area contributed by atoms with Crippen LogP contribution in [0.3, 0.4) is 0 Å². The zero-order valence-electron chi connectivity index (χ0n) is 13.1. The number of carbonyl (C=O) groups is 1. The van der Waals surface area contributed by atoms with Crippen LogP contribution < -0.4 is 5.32 Å². The normalized spacial score (nSPS) is 40.6. The van der Waals surface area contributed by atoms with Gasteiger partial charge in [0.05, 0.1) is 0 Å². The molecule has 3 aliphatic rings. The Bertz CT molecular complexity index is 345. The summed E-state index contributed by atoms with van der Waals surface area (Å²) in [5.74, 6) is 1.71. The lowest BCUT2D eigenvalue weighted by Gasteiger charge is -2.37. The van der Waals surface area contributed by atoms with Gasteiger partial charge in [0.1, 0.15) is 0 Å². The Morgan fingerprint density at radius 2 is 1.75 bits per heavy atom. The van der Waals surface area contributed by atoms with Crippen molar-refractivity contribution >= 4 is 5.91 Å². The van der Waals surface area contributed by atoms with Gasteiger partial charge < -0.3 is 10.2 Å². The Balaban J connectivity index is 1.53. The summed E-state index contributed by atoms with van der Waals surface area (Å²) in [6.07, 6.45) is 11.0. The van der Waals surface area contributed by atoms with E-state index in [9.17, 15) is 4.79 Å². The minimum absolute atomic E-state index is 0.398. The third-order valence-corrected chi connectivity index (χ3v) is 5.99. The first kappa shape index (κ1) is 14.4. The average Bonchev–Trinajstić information content (AvgIpc) is 2.77. The highest BCUT2D eigenvalue weighted by Gasteiger charge is 2.35. The smallest absolute Gasteiger partial charge is 0.222 e. The zero-order valence-corrected chi connectivity index (χ0v) is 13.1. The first-order chi connectivity index (χ1) is 9.63. The molecule has 1 aliphatic carbocycles. The van der Waals surface area contributed by atoms with E-state index < -0.39 is 0 Å². The number of nitrogens with one attached hydrogen (secondary N) is 1. The molecule has 3 fully saturated rings. The topological polar surface area (TPSA) is 32.3 Å². The quantitative estimate of drug-likeness (QED) is 0.861. The van der Waals surface area contributed by atoms with E-state index in [2.05, 4.69) is 17.1 Å². The van der Waals surface area contributed by atoms with Crippen LogP contribution in [0.5, 0.6) is 0 Å². The van der Waals surface area contributed by atoms with Crippen LogP contribution in [-0.4, -0.2) is 36.0 Å². The highest BCUT2D eigenvalue weighted by atomic mass is 16.2. The van der Waals surface area contributed by atoms with E-state index in [1.165, 1.54) is 51.4 Å². The van der Waals surface area contributed by atoms with Crippen LogP contribution in [0.2, 0.25) is 0 Å². The molecule has 0 spiro atoms. The second-order valence-corrected chi connectivity index (χ2v) is 7.51. The number of amides is 1. The van der Waals surface area contributed by atoms with Crippen LogP contribution in [0, 0.1) is 11.8 Å². The molecule has 3 heteroatoms. The van der Waals surface area contributed by atoms with E-state index in [0.29, 0.717) is 35.9 Å². The fraction of sp³-hybridized carbons (Fsp3) is 0.941. The molecule has 114 valence electrons. The Hall–Kier alpha value is -0.570. The molecule has 1 amide bonds. The molecule has 3 nitrogen and oxygen atoms in total. The second kappa shape index (κ2) is 6.05. The van der Waals surface area contributed by atoms with Crippen LogP contribution in [-0.2, 0) is 4.79 Å². The summed E-state index contributed by atoms with van der Waals surface area (Å²) in [5, 5.41) is 3.67. The standard InChI is InChI=1S/C17H30N2O/c1-12-5-3-4-6-16(12)19(2)17(20)11-13-9-14-7-8-15(10-13)18-14/h12-16,18H,3-11H2,1-2H3. The van der Waals surface area contributed by atoms with Gasteiger partial charge in [-0.15, -0.1) is 0 Å². The number of hydrogen-bond acceptors (Lipinski definition) is 2. The fourth-order valence-electron chi connectivity index (χ4n) is 4.79. The summed E-state index contributed by atoms with van der Waals surface area (Å²) in [7, 11) is 2.05. The molecule has 0 aromatic carbocycles. The first-order valence-electron chi connectivity index (χ1n) is 8.65. The molecule has 2 heterocycles. The van der Waals surface area contributed by atoms with Crippen molar-refractivity contribution < 1.29 is 4.79 Å². The number of nitrogens with zero attached hydrogens (tertiary/aromatic N) is 1. The molecular formula is C17H30N2O. The van der Waals surface area contributed by atoms with Gasteiger partial charge in [-0.25, -0.2) is 0 Å². The van der Waals surface area contributed by atoms with Gasteiger partial charge in [-0.05, 0) is 50.4 Å². The number of carbonyl (C=O) groups excluding carboxylic acids is 1. The van der Waals surface area contributed by atoms with Crippen molar-refractivity contribution in [3.05, 3.63) is 0 Å². The molecule has 1 saturated carbocycles. The summed E-state index contributed by atoms with van der Waals surface area (Å²) >= 11 is 0. The van der Waals surface area contributed by atoms with Crippen molar-refractivity contribution in [2.75, 3.05) is 7.05 Å². The lowest BCUT2D eigenvalue weighted by atomic mass is 9.84. The summed E-state index contributed by atoms with van der Waals surface area (Å²) in [4.78, 5) is 14.7. The average molecular weight is 278 g/mol. The van der Waals surface area contributed by atoms with E-state index >= 15 is 0 Å². The van der Waals surface area contributed by atoms with E-state index in [-0.39, 0.29) is 0 Å². The van der Waals surface area contributed by atoms with Crippen LogP contribution in [0.4, 0.5) is 0 Å². The monoisotopic (exact) mass is 278 g/mol.